The number of carbonyl (C=O) groups is 1. The van der Waals surface area contributed by atoms with E-state index in [-0.39, 0.29) is 12.6 Å². The minimum Gasteiger partial charge on any atom is -0.489 e. The largest absolute Gasteiger partial charge is 0.489 e. The van der Waals surface area contributed by atoms with Crippen LogP contribution in [0.1, 0.15) is 96.8 Å². The summed E-state index contributed by atoms with van der Waals surface area (Å²) < 4.78 is 60.3. The van der Waals surface area contributed by atoms with E-state index in [1.807, 2.05) is 18.2 Å². The summed E-state index contributed by atoms with van der Waals surface area (Å²) in [4.78, 5) is 11.9. The number of para-hydroxylation sites is 2. The highest BCUT2D eigenvalue weighted by molar-refractivity contribution is 5.69. The van der Waals surface area contributed by atoms with Gasteiger partial charge in [0, 0.05) is 6.42 Å². The average molecular weight is 788 g/mol. The fourth-order valence-electron chi connectivity index (χ4n) is 5.26. The Hall–Kier alpha value is -2.07. The van der Waals surface area contributed by atoms with E-state index in [0.717, 1.165) is 12.8 Å². The molecule has 13 nitrogen and oxygen atoms in total. The third kappa shape index (κ3) is 38.6. The summed E-state index contributed by atoms with van der Waals surface area (Å²) >= 11 is 0. The molecule has 55 heavy (non-hydrogen) atoms. The van der Waals surface area contributed by atoms with Gasteiger partial charge in [-0.2, -0.15) is 0 Å². The molecular weight excluding hydrogens is 710 g/mol. The van der Waals surface area contributed by atoms with E-state index in [0.29, 0.717) is 143 Å². The molecule has 0 radical (unpaired) electrons. The van der Waals surface area contributed by atoms with E-state index in [1.165, 1.54) is 70.6 Å². The Bertz CT molecular complexity index is 928. The Morgan fingerprint density at radius 3 is 1.09 bits per heavy atom. The van der Waals surface area contributed by atoms with Crippen molar-refractivity contribution in [3.05, 3.63) is 24.3 Å². The van der Waals surface area contributed by atoms with Crippen molar-refractivity contribution < 1.29 is 56.9 Å². The quantitative estimate of drug-likeness (QED) is 0.0420. The first kappa shape index (κ1) is 50.9. The number of rotatable bonds is 45. The van der Waals surface area contributed by atoms with Crippen LogP contribution in [0.5, 0.6) is 5.75 Å². The molecule has 0 aliphatic carbocycles. The maximum absolute atomic E-state index is 11.9. The van der Waals surface area contributed by atoms with Gasteiger partial charge in [-0.3, -0.25) is 4.79 Å². The third-order valence-electron chi connectivity index (χ3n) is 8.36. The van der Waals surface area contributed by atoms with Gasteiger partial charge in [-0.25, -0.2) is 0 Å². The van der Waals surface area contributed by atoms with Crippen LogP contribution in [-0.2, 0) is 52.2 Å². The highest BCUT2D eigenvalue weighted by Gasteiger charge is 2.03. The summed E-state index contributed by atoms with van der Waals surface area (Å²) in [5.74, 6) is 0.534. The summed E-state index contributed by atoms with van der Waals surface area (Å²) in [5, 5.41) is 0. The average Bonchev–Trinajstić information content (AvgIpc) is 3.19. The topological polar surface area (TPSA) is 145 Å². The summed E-state index contributed by atoms with van der Waals surface area (Å²) in [7, 11) is 0. The van der Waals surface area contributed by atoms with E-state index in [4.69, 9.17) is 57.8 Å². The second kappa shape index (κ2) is 43.1. The first-order valence-corrected chi connectivity index (χ1v) is 21.1. The lowest BCUT2D eigenvalue weighted by Gasteiger charge is -2.10. The van der Waals surface area contributed by atoms with Crippen molar-refractivity contribution in [3.8, 4) is 5.75 Å². The number of ether oxygens (including phenoxy) is 11. The zero-order valence-electron chi connectivity index (χ0n) is 34.3. The molecule has 0 saturated heterocycles. The van der Waals surface area contributed by atoms with Gasteiger partial charge in [0.25, 0.3) is 0 Å². The van der Waals surface area contributed by atoms with Gasteiger partial charge in [0.05, 0.1) is 125 Å². The first-order valence-electron chi connectivity index (χ1n) is 21.1. The Kier molecular flexibility index (Phi) is 39.9. The van der Waals surface area contributed by atoms with E-state index in [9.17, 15) is 4.79 Å². The number of hydrogen-bond acceptors (Lipinski definition) is 13. The predicted octanol–water partition coefficient (Wildman–Crippen LogP) is 6.82. The van der Waals surface area contributed by atoms with Crippen molar-refractivity contribution in [2.75, 3.05) is 138 Å². The van der Waals surface area contributed by atoms with Crippen LogP contribution in [0.3, 0.4) is 0 Å². The number of carbonyl (C=O) groups excluding carboxylic acids is 1. The SMILES string of the molecule is CCCCCCCCCCCCCCCC(=O)OCCOCCOCCOCCOCCOCCOCCOCCOCCOCCOc1ccccc1N. The maximum Gasteiger partial charge on any atom is 0.305 e. The lowest BCUT2D eigenvalue weighted by molar-refractivity contribution is -0.145. The number of benzene rings is 1. The van der Waals surface area contributed by atoms with Gasteiger partial charge in [-0.1, -0.05) is 96.1 Å². The minimum absolute atomic E-state index is 0.133. The molecule has 0 spiro atoms. The summed E-state index contributed by atoms with van der Waals surface area (Å²) in [5.41, 5.74) is 6.44. The van der Waals surface area contributed by atoms with Crippen LogP contribution in [0.2, 0.25) is 0 Å². The molecule has 1 rings (SSSR count). The zero-order valence-corrected chi connectivity index (χ0v) is 34.3. The van der Waals surface area contributed by atoms with Gasteiger partial charge < -0.3 is 57.8 Å². The van der Waals surface area contributed by atoms with E-state index < -0.39 is 0 Å². The zero-order chi connectivity index (χ0) is 39.4. The molecule has 0 bridgehead atoms. The van der Waals surface area contributed by atoms with Gasteiger partial charge >= 0.3 is 5.97 Å². The van der Waals surface area contributed by atoms with Crippen LogP contribution in [-0.4, -0.2) is 138 Å². The Balaban J connectivity index is 1.64. The summed E-state index contributed by atoms with van der Waals surface area (Å²) in [6.07, 6.45) is 17.3. The van der Waals surface area contributed by atoms with E-state index in [2.05, 4.69) is 6.92 Å². The Morgan fingerprint density at radius 2 is 0.727 bits per heavy atom. The molecule has 0 fully saturated rings. The number of anilines is 1. The smallest absolute Gasteiger partial charge is 0.305 e. The molecule has 1 aromatic carbocycles. The van der Waals surface area contributed by atoms with Crippen molar-refractivity contribution >= 4 is 11.7 Å². The molecule has 2 N–H and O–H groups in total. The minimum atomic E-state index is -0.133. The van der Waals surface area contributed by atoms with Crippen molar-refractivity contribution in [1.82, 2.24) is 0 Å². The highest BCUT2D eigenvalue weighted by atomic mass is 16.6. The van der Waals surface area contributed by atoms with Crippen LogP contribution < -0.4 is 10.5 Å². The third-order valence-corrected chi connectivity index (χ3v) is 8.36. The van der Waals surface area contributed by atoms with Gasteiger partial charge in [-0.15, -0.1) is 0 Å². The Morgan fingerprint density at radius 1 is 0.418 bits per heavy atom. The fourth-order valence-corrected chi connectivity index (χ4v) is 5.26. The van der Waals surface area contributed by atoms with Crippen molar-refractivity contribution in [2.24, 2.45) is 0 Å². The number of nitrogen functional groups attached to an aromatic ring is 1. The number of hydrogen-bond donors (Lipinski definition) is 1. The normalized spacial score (nSPS) is 11.4. The molecule has 0 amide bonds. The molecule has 322 valence electrons. The van der Waals surface area contributed by atoms with Gasteiger partial charge in [0.1, 0.15) is 19.0 Å². The van der Waals surface area contributed by atoms with Crippen LogP contribution in [0, 0.1) is 0 Å². The Labute approximate surface area is 332 Å². The highest BCUT2D eigenvalue weighted by Crippen LogP contribution is 2.19. The first-order chi connectivity index (χ1) is 27.2. The molecular formula is C42H77NO12. The van der Waals surface area contributed by atoms with E-state index >= 15 is 0 Å². The molecule has 0 aliphatic rings. The van der Waals surface area contributed by atoms with Crippen LogP contribution >= 0.6 is 0 Å². The predicted molar refractivity (Wildman–Crippen MR) is 215 cm³/mol. The number of nitrogens with two attached hydrogens (primary N) is 1. The lowest BCUT2D eigenvalue weighted by atomic mass is 10.0. The van der Waals surface area contributed by atoms with Crippen LogP contribution in [0.4, 0.5) is 5.69 Å². The summed E-state index contributed by atoms with van der Waals surface area (Å²) in [6, 6.07) is 7.38. The maximum atomic E-state index is 11.9. The van der Waals surface area contributed by atoms with Crippen molar-refractivity contribution in [1.29, 1.82) is 0 Å². The van der Waals surface area contributed by atoms with E-state index in [1.54, 1.807) is 6.07 Å². The van der Waals surface area contributed by atoms with Gasteiger partial charge in [-0.05, 0) is 18.6 Å². The fraction of sp³-hybridized carbons (Fsp3) is 0.833. The molecule has 0 saturated carbocycles. The molecule has 0 aromatic heterocycles. The van der Waals surface area contributed by atoms with Gasteiger partial charge in [0.2, 0.25) is 0 Å². The number of esters is 1. The van der Waals surface area contributed by atoms with Crippen molar-refractivity contribution in [2.45, 2.75) is 96.8 Å². The molecule has 0 aliphatic heterocycles. The van der Waals surface area contributed by atoms with Gasteiger partial charge in [0.15, 0.2) is 0 Å². The second-order valence-electron chi connectivity index (χ2n) is 13.1. The molecule has 13 heteroatoms. The number of unbranched alkanes of at least 4 members (excludes halogenated alkanes) is 12. The molecule has 1 aromatic rings. The van der Waals surface area contributed by atoms with Crippen LogP contribution in [0.15, 0.2) is 24.3 Å². The molecule has 0 unspecified atom stereocenters. The second-order valence-corrected chi connectivity index (χ2v) is 13.1. The molecule has 0 atom stereocenters. The molecule has 0 heterocycles. The standard InChI is InChI=1S/C42H77NO12/c1-2-3-4-5-6-7-8-9-10-11-12-13-14-19-42(44)55-39-37-53-35-33-51-31-29-49-27-25-47-23-21-45-20-22-46-24-26-48-28-30-50-32-34-52-36-38-54-41-18-16-15-17-40(41)43/h15-18H,2-14,19-39,43H2,1H3. The lowest BCUT2D eigenvalue weighted by Crippen LogP contribution is -2.15. The summed E-state index contributed by atoms with van der Waals surface area (Å²) in [6.45, 7) is 11.7. The van der Waals surface area contributed by atoms with Crippen molar-refractivity contribution in [3.63, 3.8) is 0 Å². The monoisotopic (exact) mass is 788 g/mol. The van der Waals surface area contributed by atoms with Crippen LogP contribution in [0.25, 0.3) is 0 Å².